The second-order valence-corrected chi connectivity index (χ2v) is 4.14. The van der Waals surface area contributed by atoms with E-state index in [2.05, 4.69) is 25.4 Å². The second-order valence-electron chi connectivity index (χ2n) is 4.14. The van der Waals surface area contributed by atoms with E-state index in [4.69, 9.17) is 4.74 Å². The molecule has 4 heteroatoms. The van der Waals surface area contributed by atoms with E-state index in [1.54, 1.807) is 6.92 Å². The van der Waals surface area contributed by atoms with Crippen LogP contribution in [0.5, 0.6) is 0 Å². The molecule has 0 fully saturated rings. The van der Waals surface area contributed by atoms with Crippen molar-refractivity contribution in [3.8, 4) is 0 Å². The van der Waals surface area contributed by atoms with Gasteiger partial charge in [0.05, 0.1) is 6.61 Å². The van der Waals surface area contributed by atoms with Crippen molar-refractivity contribution in [3.05, 3.63) is 24.8 Å². The average molecular weight is 255 g/mol. The molecule has 0 saturated heterocycles. The zero-order valence-corrected chi connectivity index (χ0v) is 11.9. The van der Waals surface area contributed by atoms with Crippen LogP contribution in [0.4, 0.5) is 0 Å². The minimum absolute atomic E-state index is 0.111. The van der Waals surface area contributed by atoms with E-state index in [1.807, 2.05) is 13.8 Å². The molecule has 4 nitrogen and oxygen atoms in total. The molecule has 0 spiro atoms. The fourth-order valence-electron chi connectivity index (χ4n) is 0.776. The van der Waals surface area contributed by atoms with E-state index >= 15 is 0 Å². The van der Waals surface area contributed by atoms with E-state index in [1.165, 1.54) is 6.08 Å². The van der Waals surface area contributed by atoms with Crippen molar-refractivity contribution < 1.29 is 14.3 Å². The fraction of sp³-hybridized carbons (Fsp3) is 0.571. The van der Waals surface area contributed by atoms with Crippen LogP contribution < -0.4 is 5.32 Å². The summed E-state index contributed by atoms with van der Waals surface area (Å²) in [6.45, 7) is 14.8. The Balaban J connectivity index is 0. The summed E-state index contributed by atoms with van der Waals surface area (Å²) in [7, 11) is 0. The normalized spacial score (nSPS) is 8.94. The van der Waals surface area contributed by atoms with Gasteiger partial charge in [0.25, 0.3) is 0 Å². The second kappa shape index (κ2) is 11.9. The monoisotopic (exact) mass is 255 g/mol. The Morgan fingerprint density at radius 1 is 1.39 bits per heavy atom. The number of unbranched alkanes of at least 4 members (excludes halogenated alkanes) is 1. The Labute approximate surface area is 110 Å². The maximum Gasteiger partial charge on any atom is 0.333 e. The highest BCUT2D eigenvalue weighted by molar-refractivity contribution is 5.87. The highest BCUT2D eigenvalue weighted by atomic mass is 16.5. The molecular weight excluding hydrogens is 230 g/mol. The summed E-state index contributed by atoms with van der Waals surface area (Å²) >= 11 is 0. The van der Waals surface area contributed by atoms with Crippen molar-refractivity contribution >= 4 is 11.9 Å². The van der Waals surface area contributed by atoms with Gasteiger partial charge in [-0.3, -0.25) is 4.79 Å². The first-order valence-corrected chi connectivity index (χ1v) is 6.10. The molecular formula is C14H25NO3. The summed E-state index contributed by atoms with van der Waals surface area (Å²) in [6, 6.07) is 0.209. The highest BCUT2D eigenvalue weighted by Gasteiger charge is 2.00. The first kappa shape index (κ1) is 18.8. The van der Waals surface area contributed by atoms with Gasteiger partial charge in [0.1, 0.15) is 0 Å². The lowest BCUT2D eigenvalue weighted by molar-refractivity contribution is -0.139. The lowest BCUT2D eigenvalue weighted by Gasteiger charge is -2.02. The van der Waals surface area contributed by atoms with Crippen molar-refractivity contribution in [2.75, 3.05) is 6.61 Å². The molecule has 1 amide bonds. The van der Waals surface area contributed by atoms with Gasteiger partial charge in [-0.15, -0.1) is 0 Å². The Kier molecular flexibility index (Phi) is 12.4. The van der Waals surface area contributed by atoms with Crippen LogP contribution in [0.2, 0.25) is 0 Å². The molecule has 0 heterocycles. The van der Waals surface area contributed by atoms with Crippen molar-refractivity contribution in [2.24, 2.45) is 0 Å². The Morgan fingerprint density at radius 3 is 2.22 bits per heavy atom. The van der Waals surface area contributed by atoms with Gasteiger partial charge < -0.3 is 10.1 Å². The van der Waals surface area contributed by atoms with Gasteiger partial charge in [-0.25, -0.2) is 4.79 Å². The first-order valence-electron chi connectivity index (χ1n) is 6.10. The SMILES string of the molecule is C=C(C)C(=O)OCCCC.C=CC(=O)NC(C)C. The van der Waals surface area contributed by atoms with Crippen molar-refractivity contribution in [2.45, 2.75) is 46.6 Å². The maximum atomic E-state index is 10.7. The van der Waals surface area contributed by atoms with Crippen molar-refractivity contribution in [1.82, 2.24) is 5.32 Å². The molecule has 0 radical (unpaired) electrons. The van der Waals surface area contributed by atoms with Crippen molar-refractivity contribution in [1.29, 1.82) is 0 Å². The fourth-order valence-corrected chi connectivity index (χ4v) is 0.776. The molecule has 0 rings (SSSR count). The highest BCUT2D eigenvalue weighted by Crippen LogP contribution is 1.94. The topological polar surface area (TPSA) is 55.4 Å². The summed E-state index contributed by atoms with van der Waals surface area (Å²) in [5, 5.41) is 2.64. The molecule has 0 aromatic rings. The van der Waals surface area contributed by atoms with E-state index in [-0.39, 0.29) is 17.9 Å². The number of ether oxygens (including phenoxy) is 1. The number of hydrogen-bond donors (Lipinski definition) is 1. The smallest absolute Gasteiger partial charge is 0.333 e. The molecule has 0 bridgehead atoms. The van der Waals surface area contributed by atoms with Crippen LogP contribution in [-0.4, -0.2) is 24.5 Å². The Hall–Kier alpha value is -1.58. The van der Waals surface area contributed by atoms with Crippen molar-refractivity contribution in [3.63, 3.8) is 0 Å². The summed E-state index contributed by atoms with van der Waals surface area (Å²) in [6.07, 6.45) is 3.24. The van der Waals surface area contributed by atoms with Gasteiger partial charge in [0.2, 0.25) is 5.91 Å². The number of esters is 1. The van der Waals surface area contributed by atoms with Gasteiger partial charge in [-0.1, -0.05) is 26.5 Å². The van der Waals surface area contributed by atoms with Crippen LogP contribution in [0.25, 0.3) is 0 Å². The summed E-state index contributed by atoms with van der Waals surface area (Å²) in [4.78, 5) is 21.1. The maximum absolute atomic E-state index is 10.7. The lowest BCUT2D eigenvalue weighted by atomic mass is 10.3. The molecule has 0 unspecified atom stereocenters. The summed E-state index contributed by atoms with van der Waals surface area (Å²) in [5.74, 6) is -0.395. The molecule has 1 N–H and O–H groups in total. The van der Waals surface area contributed by atoms with Gasteiger partial charge in [0, 0.05) is 11.6 Å². The van der Waals surface area contributed by atoms with Gasteiger partial charge >= 0.3 is 5.97 Å². The Morgan fingerprint density at radius 2 is 1.94 bits per heavy atom. The van der Waals surface area contributed by atoms with E-state index in [0.717, 1.165) is 12.8 Å². The molecule has 0 atom stereocenters. The third-order valence-corrected chi connectivity index (χ3v) is 1.70. The molecule has 0 aliphatic carbocycles. The molecule has 0 aliphatic heterocycles. The van der Waals surface area contributed by atoms with Gasteiger partial charge in [0.15, 0.2) is 0 Å². The minimum atomic E-state index is -0.284. The third-order valence-electron chi connectivity index (χ3n) is 1.70. The number of rotatable bonds is 6. The number of hydrogen-bond acceptors (Lipinski definition) is 3. The van der Waals surface area contributed by atoms with Crippen LogP contribution in [-0.2, 0) is 14.3 Å². The summed E-state index contributed by atoms with van der Waals surface area (Å²) in [5.41, 5.74) is 0.469. The molecule has 0 saturated carbocycles. The largest absolute Gasteiger partial charge is 0.462 e. The zero-order valence-electron chi connectivity index (χ0n) is 11.9. The van der Waals surface area contributed by atoms with Crippen LogP contribution in [0, 0.1) is 0 Å². The zero-order chi connectivity index (χ0) is 14.6. The quantitative estimate of drug-likeness (QED) is 0.451. The predicted octanol–water partition coefficient (Wildman–Crippen LogP) is 2.60. The molecule has 104 valence electrons. The number of carbonyl (C=O) groups is 2. The number of amides is 1. The van der Waals surface area contributed by atoms with Crippen LogP contribution in [0.3, 0.4) is 0 Å². The molecule has 18 heavy (non-hydrogen) atoms. The number of nitrogens with one attached hydrogen (secondary N) is 1. The van der Waals surface area contributed by atoms with E-state index in [0.29, 0.717) is 12.2 Å². The molecule has 0 aromatic carbocycles. The predicted molar refractivity (Wildman–Crippen MR) is 74.2 cm³/mol. The van der Waals surface area contributed by atoms with Gasteiger partial charge in [-0.2, -0.15) is 0 Å². The number of carbonyl (C=O) groups excluding carboxylic acids is 2. The molecule has 0 aromatic heterocycles. The summed E-state index contributed by atoms with van der Waals surface area (Å²) < 4.78 is 4.81. The standard InChI is InChI=1S/C8H14O2.C6H11NO/c1-4-5-6-10-8(9)7(2)3;1-4-6(8)7-5(2)3/h2,4-6H2,1,3H3;4-5H,1H2,2-3H3,(H,7,8). The van der Waals surface area contributed by atoms with Crippen LogP contribution >= 0.6 is 0 Å². The lowest BCUT2D eigenvalue weighted by Crippen LogP contribution is -2.27. The van der Waals surface area contributed by atoms with E-state index in [9.17, 15) is 9.59 Å². The third kappa shape index (κ3) is 14.4. The molecule has 0 aliphatic rings. The van der Waals surface area contributed by atoms with E-state index < -0.39 is 0 Å². The van der Waals surface area contributed by atoms with Gasteiger partial charge in [-0.05, 0) is 33.3 Å². The van der Waals surface area contributed by atoms with Crippen LogP contribution in [0.1, 0.15) is 40.5 Å². The first-order chi connectivity index (χ1) is 8.34. The minimum Gasteiger partial charge on any atom is -0.462 e. The average Bonchev–Trinajstić information content (AvgIpc) is 2.29. The Bertz CT molecular complexity index is 283. The van der Waals surface area contributed by atoms with Crippen LogP contribution in [0.15, 0.2) is 24.8 Å².